The first-order chi connectivity index (χ1) is 7.97. The third-order valence-corrected chi connectivity index (χ3v) is 2.82. The van der Waals surface area contributed by atoms with Crippen LogP contribution in [0.2, 0.25) is 0 Å². The quantitative estimate of drug-likeness (QED) is 0.817. The third kappa shape index (κ3) is 3.30. The molecule has 1 aromatic heterocycles. The lowest BCUT2D eigenvalue weighted by atomic mass is 10.1. The van der Waals surface area contributed by atoms with Gasteiger partial charge in [0.1, 0.15) is 5.76 Å². The SMILES string of the molecule is CCCC(N)C(=O)NC(C)c1c(C)noc1C. The van der Waals surface area contributed by atoms with Crippen LogP contribution >= 0.6 is 0 Å². The van der Waals surface area contributed by atoms with Gasteiger partial charge in [0.15, 0.2) is 0 Å². The van der Waals surface area contributed by atoms with Gasteiger partial charge >= 0.3 is 0 Å². The molecule has 0 aliphatic heterocycles. The van der Waals surface area contributed by atoms with E-state index in [-0.39, 0.29) is 11.9 Å². The van der Waals surface area contributed by atoms with Crippen molar-refractivity contribution in [3.8, 4) is 0 Å². The van der Waals surface area contributed by atoms with E-state index in [1.54, 1.807) is 0 Å². The van der Waals surface area contributed by atoms with Crippen LogP contribution in [0.1, 0.15) is 49.7 Å². The molecule has 96 valence electrons. The predicted octanol–water partition coefficient (Wildman–Crippen LogP) is 1.60. The first kappa shape index (κ1) is 13.7. The molecule has 0 radical (unpaired) electrons. The van der Waals surface area contributed by atoms with Crippen LogP contribution in [0.25, 0.3) is 0 Å². The molecule has 2 atom stereocenters. The first-order valence-corrected chi connectivity index (χ1v) is 5.96. The maximum Gasteiger partial charge on any atom is 0.237 e. The number of amides is 1. The van der Waals surface area contributed by atoms with Crippen LogP contribution in [0.5, 0.6) is 0 Å². The molecule has 0 bridgehead atoms. The van der Waals surface area contributed by atoms with Crippen molar-refractivity contribution in [2.75, 3.05) is 0 Å². The van der Waals surface area contributed by atoms with Crippen LogP contribution in [-0.2, 0) is 4.79 Å². The highest BCUT2D eigenvalue weighted by Crippen LogP contribution is 2.20. The summed E-state index contributed by atoms with van der Waals surface area (Å²) in [7, 11) is 0. The molecular weight excluding hydrogens is 218 g/mol. The standard InChI is InChI=1S/C12H21N3O2/c1-5-6-10(13)12(16)14-7(2)11-8(3)15-17-9(11)4/h7,10H,5-6,13H2,1-4H3,(H,14,16). The average molecular weight is 239 g/mol. The summed E-state index contributed by atoms with van der Waals surface area (Å²) in [5.74, 6) is 0.610. The second kappa shape index (κ2) is 5.82. The summed E-state index contributed by atoms with van der Waals surface area (Å²) < 4.78 is 5.07. The average Bonchev–Trinajstić information content (AvgIpc) is 2.58. The Kier molecular flexibility index (Phi) is 4.69. The molecule has 5 heteroatoms. The summed E-state index contributed by atoms with van der Waals surface area (Å²) in [5, 5.41) is 6.75. The Balaban J connectivity index is 2.66. The Morgan fingerprint density at radius 2 is 2.18 bits per heavy atom. The number of nitrogens with one attached hydrogen (secondary N) is 1. The summed E-state index contributed by atoms with van der Waals surface area (Å²) in [4.78, 5) is 11.8. The second-order valence-corrected chi connectivity index (χ2v) is 4.36. The number of hydrogen-bond acceptors (Lipinski definition) is 4. The lowest BCUT2D eigenvalue weighted by Crippen LogP contribution is -2.41. The number of carbonyl (C=O) groups is 1. The topological polar surface area (TPSA) is 81.2 Å². The number of nitrogens with zero attached hydrogens (tertiary/aromatic N) is 1. The minimum absolute atomic E-state index is 0.126. The highest BCUT2D eigenvalue weighted by Gasteiger charge is 2.20. The zero-order valence-electron chi connectivity index (χ0n) is 10.9. The van der Waals surface area contributed by atoms with Crippen LogP contribution in [-0.4, -0.2) is 17.1 Å². The van der Waals surface area contributed by atoms with Crippen molar-refractivity contribution < 1.29 is 9.32 Å². The zero-order chi connectivity index (χ0) is 13.0. The van der Waals surface area contributed by atoms with E-state index < -0.39 is 6.04 Å². The maximum atomic E-state index is 11.8. The Hall–Kier alpha value is -1.36. The molecule has 0 aromatic carbocycles. The minimum Gasteiger partial charge on any atom is -0.361 e. The van der Waals surface area contributed by atoms with Crippen LogP contribution in [0.3, 0.4) is 0 Å². The number of nitrogens with two attached hydrogens (primary N) is 1. The monoisotopic (exact) mass is 239 g/mol. The van der Waals surface area contributed by atoms with E-state index in [0.717, 1.165) is 23.4 Å². The highest BCUT2D eigenvalue weighted by molar-refractivity contribution is 5.81. The number of carbonyl (C=O) groups excluding carboxylic acids is 1. The Morgan fingerprint density at radius 1 is 1.53 bits per heavy atom. The number of rotatable bonds is 5. The van der Waals surface area contributed by atoms with Gasteiger partial charge in [-0.1, -0.05) is 18.5 Å². The fourth-order valence-corrected chi connectivity index (χ4v) is 1.94. The first-order valence-electron chi connectivity index (χ1n) is 5.96. The van der Waals surface area contributed by atoms with Gasteiger partial charge in [-0.05, 0) is 27.2 Å². The van der Waals surface area contributed by atoms with Crippen LogP contribution < -0.4 is 11.1 Å². The summed E-state index contributed by atoms with van der Waals surface area (Å²) in [6.45, 7) is 7.61. The fraction of sp³-hybridized carbons (Fsp3) is 0.667. The van der Waals surface area contributed by atoms with E-state index in [1.165, 1.54) is 0 Å². The van der Waals surface area contributed by atoms with E-state index in [4.69, 9.17) is 10.3 Å². The Labute approximate surface area is 102 Å². The van der Waals surface area contributed by atoms with E-state index in [1.807, 2.05) is 27.7 Å². The number of aromatic nitrogens is 1. The summed E-state index contributed by atoms with van der Waals surface area (Å²) in [5.41, 5.74) is 7.49. The molecule has 3 N–H and O–H groups in total. The molecule has 0 fully saturated rings. The van der Waals surface area contributed by atoms with E-state index in [2.05, 4.69) is 10.5 Å². The van der Waals surface area contributed by atoms with E-state index in [9.17, 15) is 4.79 Å². The molecule has 17 heavy (non-hydrogen) atoms. The molecular formula is C12H21N3O2. The number of aryl methyl sites for hydroxylation is 2. The Bertz CT molecular complexity index is 368. The molecule has 0 saturated carbocycles. The molecule has 0 spiro atoms. The fourth-order valence-electron chi connectivity index (χ4n) is 1.94. The van der Waals surface area contributed by atoms with Gasteiger partial charge in [-0.15, -0.1) is 0 Å². The van der Waals surface area contributed by atoms with Gasteiger partial charge in [0, 0.05) is 5.56 Å². The largest absolute Gasteiger partial charge is 0.361 e. The van der Waals surface area contributed by atoms with Crippen molar-refractivity contribution in [1.29, 1.82) is 0 Å². The summed E-state index contributed by atoms with van der Waals surface area (Å²) in [6.07, 6.45) is 1.59. The van der Waals surface area contributed by atoms with Crippen molar-refractivity contribution >= 4 is 5.91 Å². The molecule has 1 aromatic rings. The van der Waals surface area contributed by atoms with Crippen LogP contribution in [0.4, 0.5) is 0 Å². The van der Waals surface area contributed by atoms with Gasteiger partial charge in [0.2, 0.25) is 5.91 Å². The van der Waals surface area contributed by atoms with Crippen molar-refractivity contribution in [3.05, 3.63) is 17.0 Å². The van der Waals surface area contributed by atoms with Gasteiger partial charge in [-0.2, -0.15) is 0 Å². The van der Waals surface area contributed by atoms with Gasteiger partial charge in [0.25, 0.3) is 0 Å². The molecule has 0 saturated heterocycles. The van der Waals surface area contributed by atoms with Crippen molar-refractivity contribution in [1.82, 2.24) is 10.5 Å². The smallest absolute Gasteiger partial charge is 0.237 e. The molecule has 5 nitrogen and oxygen atoms in total. The predicted molar refractivity (Wildman–Crippen MR) is 65.4 cm³/mol. The zero-order valence-corrected chi connectivity index (χ0v) is 10.9. The molecule has 1 amide bonds. The van der Waals surface area contributed by atoms with Gasteiger partial charge in [-0.3, -0.25) is 4.79 Å². The normalized spacial score (nSPS) is 14.4. The van der Waals surface area contributed by atoms with Gasteiger partial charge < -0.3 is 15.6 Å². The van der Waals surface area contributed by atoms with Crippen molar-refractivity contribution in [2.45, 2.75) is 52.6 Å². The number of hydrogen-bond donors (Lipinski definition) is 2. The van der Waals surface area contributed by atoms with Crippen LogP contribution in [0, 0.1) is 13.8 Å². The van der Waals surface area contributed by atoms with E-state index >= 15 is 0 Å². The maximum absolute atomic E-state index is 11.8. The van der Waals surface area contributed by atoms with E-state index in [0.29, 0.717) is 6.42 Å². The van der Waals surface area contributed by atoms with Crippen molar-refractivity contribution in [3.63, 3.8) is 0 Å². The Morgan fingerprint density at radius 3 is 2.65 bits per heavy atom. The second-order valence-electron chi connectivity index (χ2n) is 4.36. The third-order valence-electron chi connectivity index (χ3n) is 2.82. The van der Waals surface area contributed by atoms with Crippen molar-refractivity contribution in [2.24, 2.45) is 5.73 Å². The molecule has 1 rings (SSSR count). The lowest BCUT2D eigenvalue weighted by Gasteiger charge is -2.17. The summed E-state index contributed by atoms with van der Waals surface area (Å²) in [6, 6.07) is -0.570. The minimum atomic E-state index is -0.442. The molecule has 2 unspecified atom stereocenters. The summed E-state index contributed by atoms with van der Waals surface area (Å²) >= 11 is 0. The molecule has 1 heterocycles. The molecule has 0 aliphatic rings. The van der Waals surface area contributed by atoms with Gasteiger partial charge in [0.05, 0.1) is 17.8 Å². The highest BCUT2D eigenvalue weighted by atomic mass is 16.5. The molecule has 0 aliphatic carbocycles. The van der Waals surface area contributed by atoms with Gasteiger partial charge in [-0.25, -0.2) is 0 Å². The van der Waals surface area contributed by atoms with Crippen LogP contribution in [0.15, 0.2) is 4.52 Å². The lowest BCUT2D eigenvalue weighted by molar-refractivity contribution is -0.123.